The Morgan fingerprint density at radius 3 is 2.74 bits per heavy atom. The highest BCUT2D eigenvalue weighted by atomic mass is 35.5. The number of hydrogen-bond donors (Lipinski definition) is 1. The molecule has 3 nitrogen and oxygen atoms in total. The van der Waals surface area contributed by atoms with Gasteiger partial charge in [0.05, 0.1) is 12.2 Å². The number of rotatable bonds is 4. The van der Waals surface area contributed by atoms with E-state index in [9.17, 15) is 5.11 Å². The van der Waals surface area contributed by atoms with Gasteiger partial charge in [-0.05, 0) is 44.4 Å². The predicted molar refractivity (Wildman–Crippen MR) is 75.8 cm³/mol. The number of aliphatic hydroxyl groups excluding tert-OH is 1. The smallest absolute Gasteiger partial charge is 0.125 e. The molecule has 1 aromatic rings. The van der Waals surface area contributed by atoms with Crippen LogP contribution in [0.15, 0.2) is 18.2 Å². The third-order valence-corrected chi connectivity index (χ3v) is 3.86. The van der Waals surface area contributed by atoms with E-state index in [0.717, 1.165) is 37.0 Å². The van der Waals surface area contributed by atoms with E-state index in [1.165, 1.54) is 0 Å². The third kappa shape index (κ3) is 3.85. The van der Waals surface area contributed by atoms with Crippen LogP contribution in [-0.2, 0) is 4.74 Å². The van der Waals surface area contributed by atoms with Gasteiger partial charge in [-0.3, -0.25) is 0 Å². The first-order valence-electron chi connectivity index (χ1n) is 6.77. The fourth-order valence-corrected chi connectivity index (χ4v) is 2.74. The van der Waals surface area contributed by atoms with E-state index in [2.05, 4.69) is 0 Å². The average molecular weight is 285 g/mol. The lowest BCUT2D eigenvalue weighted by Crippen LogP contribution is -2.29. The lowest BCUT2D eigenvalue weighted by Gasteiger charge is -2.29. The van der Waals surface area contributed by atoms with Crippen LogP contribution >= 0.6 is 11.6 Å². The van der Waals surface area contributed by atoms with E-state index in [-0.39, 0.29) is 12.2 Å². The molecular weight excluding hydrogens is 264 g/mol. The molecule has 0 bridgehead atoms. The van der Waals surface area contributed by atoms with Crippen molar-refractivity contribution in [3.05, 3.63) is 28.8 Å². The Bertz CT molecular complexity index is 420. The molecule has 0 radical (unpaired) electrons. The molecular formula is C15H21ClO3. The molecule has 1 aliphatic rings. The van der Waals surface area contributed by atoms with Crippen LogP contribution in [0, 0.1) is 0 Å². The van der Waals surface area contributed by atoms with Crippen LogP contribution in [0.3, 0.4) is 0 Å². The first kappa shape index (κ1) is 14.6. The minimum absolute atomic E-state index is 0.150. The maximum Gasteiger partial charge on any atom is 0.125 e. The molecule has 1 fully saturated rings. The molecule has 1 saturated carbocycles. The van der Waals surface area contributed by atoms with Gasteiger partial charge in [0.15, 0.2) is 0 Å². The Morgan fingerprint density at radius 2 is 2.05 bits per heavy atom. The number of aliphatic hydroxyl groups is 1. The molecule has 19 heavy (non-hydrogen) atoms. The van der Waals surface area contributed by atoms with Crippen molar-refractivity contribution in [2.75, 3.05) is 7.11 Å². The maximum atomic E-state index is 9.79. The molecule has 1 N–H and O–H groups in total. The summed E-state index contributed by atoms with van der Waals surface area (Å²) in [5.74, 6) is 0.723. The van der Waals surface area contributed by atoms with Gasteiger partial charge in [0.2, 0.25) is 0 Å². The highest BCUT2D eigenvalue weighted by Gasteiger charge is 2.24. The summed E-state index contributed by atoms with van der Waals surface area (Å²) in [5, 5.41) is 10.4. The molecule has 1 aliphatic carbocycles. The van der Waals surface area contributed by atoms with E-state index in [1.807, 2.05) is 6.07 Å². The Balaban J connectivity index is 2.10. The van der Waals surface area contributed by atoms with E-state index in [4.69, 9.17) is 21.1 Å². The van der Waals surface area contributed by atoms with Gasteiger partial charge in [-0.15, -0.1) is 0 Å². The summed E-state index contributed by atoms with van der Waals surface area (Å²) >= 11 is 5.96. The number of ether oxygens (including phenoxy) is 2. The summed E-state index contributed by atoms with van der Waals surface area (Å²) in [4.78, 5) is 0. The van der Waals surface area contributed by atoms with Crippen LogP contribution in [0.5, 0.6) is 5.75 Å². The maximum absolute atomic E-state index is 9.79. The van der Waals surface area contributed by atoms with Crippen molar-refractivity contribution in [1.82, 2.24) is 0 Å². The summed E-state index contributed by atoms with van der Waals surface area (Å²) in [7, 11) is 1.75. The summed E-state index contributed by atoms with van der Waals surface area (Å²) in [5.41, 5.74) is 0.743. The lowest BCUT2D eigenvalue weighted by atomic mass is 9.94. The van der Waals surface area contributed by atoms with Crippen molar-refractivity contribution in [1.29, 1.82) is 0 Å². The molecule has 4 heteroatoms. The van der Waals surface area contributed by atoms with E-state index < -0.39 is 6.10 Å². The second-order valence-electron chi connectivity index (χ2n) is 5.12. The lowest BCUT2D eigenvalue weighted by molar-refractivity contribution is 0.0199. The minimum Gasteiger partial charge on any atom is -0.490 e. The van der Waals surface area contributed by atoms with Crippen LogP contribution in [0.4, 0.5) is 0 Å². The van der Waals surface area contributed by atoms with Crippen molar-refractivity contribution in [2.24, 2.45) is 0 Å². The Hall–Kier alpha value is -0.770. The van der Waals surface area contributed by atoms with Crippen LogP contribution in [-0.4, -0.2) is 24.4 Å². The van der Waals surface area contributed by atoms with Gasteiger partial charge in [0.25, 0.3) is 0 Å². The van der Waals surface area contributed by atoms with Crippen LogP contribution in [0.25, 0.3) is 0 Å². The predicted octanol–water partition coefficient (Wildman–Crippen LogP) is 3.73. The monoisotopic (exact) mass is 284 g/mol. The van der Waals surface area contributed by atoms with Gasteiger partial charge >= 0.3 is 0 Å². The van der Waals surface area contributed by atoms with Crippen molar-refractivity contribution in [3.63, 3.8) is 0 Å². The third-order valence-electron chi connectivity index (χ3n) is 3.63. The molecule has 0 amide bonds. The topological polar surface area (TPSA) is 38.7 Å². The molecule has 0 heterocycles. The van der Waals surface area contributed by atoms with Crippen molar-refractivity contribution in [2.45, 2.75) is 50.9 Å². The molecule has 2 rings (SSSR count). The van der Waals surface area contributed by atoms with Gasteiger partial charge in [-0.2, -0.15) is 0 Å². The zero-order valence-electron chi connectivity index (χ0n) is 11.4. The largest absolute Gasteiger partial charge is 0.490 e. The van der Waals surface area contributed by atoms with Crippen molar-refractivity contribution < 1.29 is 14.6 Å². The van der Waals surface area contributed by atoms with Crippen molar-refractivity contribution in [3.8, 4) is 5.75 Å². The highest BCUT2D eigenvalue weighted by Crippen LogP contribution is 2.32. The number of hydrogen-bond acceptors (Lipinski definition) is 3. The first-order valence-corrected chi connectivity index (χ1v) is 7.15. The Kier molecular flexibility index (Phi) is 5.08. The van der Waals surface area contributed by atoms with Crippen LogP contribution in [0.1, 0.15) is 44.3 Å². The minimum atomic E-state index is -0.587. The molecule has 0 spiro atoms. The van der Waals surface area contributed by atoms with Crippen molar-refractivity contribution >= 4 is 11.6 Å². The molecule has 2 unspecified atom stereocenters. The summed E-state index contributed by atoms with van der Waals surface area (Å²) < 4.78 is 11.4. The second-order valence-corrected chi connectivity index (χ2v) is 5.56. The zero-order chi connectivity index (χ0) is 13.8. The molecule has 3 atom stereocenters. The Morgan fingerprint density at radius 1 is 1.32 bits per heavy atom. The van der Waals surface area contributed by atoms with E-state index in [1.54, 1.807) is 26.2 Å². The zero-order valence-corrected chi connectivity index (χ0v) is 12.2. The fraction of sp³-hybridized carbons (Fsp3) is 0.600. The summed E-state index contributed by atoms with van der Waals surface area (Å²) in [6.45, 7) is 1.72. The average Bonchev–Trinajstić information content (AvgIpc) is 2.41. The SMILES string of the molecule is COC1CCCC(Oc2ccc(Cl)cc2[C@@H](C)O)C1. The number of halogens is 1. The molecule has 106 valence electrons. The summed E-state index contributed by atoms with van der Waals surface area (Å²) in [6, 6.07) is 5.39. The molecule has 1 aromatic carbocycles. The van der Waals surface area contributed by atoms with Gasteiger partial charge in [0, 0.05) is 24.1 Å². The fourth-order valence-electron chi connectivity index (χ4n) is 2.56. The van der Waals surface area contributed by atoms with E-state index >= 15 is 0 Å². The first-order chi connectivity index (χ1) is 9.10. The number of benzene rings is 1. The van der Waals surface area contributed by atoms with Crippen LogP contribution < -0.4 is 4.74 Å². The summed E-state index contributed by atoms with van der Waals surface area (Å²) in [6.07, 6.45) is 3.98. The Labute approximate surface area is 119 Å². The normalized spacial score (nSPS) is 25.1. The van der Waals surface area contributed by atoms with Gasteiger partial charge in [-0.1, -0.05) is 11.6 Å². The van der Waals surface area contributed by atoms with Gasteiger partial charge in [-0.25, -0.2) is 0 Å². The highest BCUT2D eigenvalue weighted by molar-refractivity contribution is 6.30. The quantitative estimate of drug-likeness (QED) is 0.915. The molecule has 0 saturated heterocycles. The molecule has 0 aromatic heterocycles. The van der Waals surface area contributed by atoms with Gasteiger partial charge < -0.3 is 14.6 Å². The number of methoxy groups -OCH3 is 1. The second kappa shape index (κ2) is 6.60. The molecule has 0 aliphatic heterocycles. The van der Waals surface area contributed by atoms with Crippen LogP contribution in [0.2, 0.25) is 5.02 Å². The van der Waals surface area contributed by atoms with Gasteiger partial charge in [0.1, 0.15) is 11.9 Å². The standard InChI is InChI=1S/C15H21ClO3/c1-10(17)14-8-11(16)6-7-15(14)19-13-5-3-4-12(9-13)18-2/h6-8,10,12-13,17H,3-5,9H2,1-2H3/t10-,12?,13?/m1/s1. The van der Waals surface area contributed by atoms with E-state index in [0.29, 0.717) is 5.02 Å².